The van der Waals surface area contributed by atoms with Gasteiger partial charge in [-0.15, -0.1) is 0 Å². The number of aryl methyl sites for hydroxylation is 1. The largest absolute Gasteiger partial charge is 0.481 e. The predicted molar refractivity (Wildman–Crippen MR) is 83.4 cm³/mol. The summed E-state index contributed by atoms with van der Waals surface area (Å²) in [5.41, 5.74) is 0.106. The van der Waals surface area contributed by atoms with Crippen LogP contribution in [0.4, 0.5) is 0 Å². The van der Waals surface area contributed by atoms with Crippen LogP contribution < -0.4 is 4.74 Å². The maximum atomic E-state index is 12.3. The molecule has 1 amide bonds. The first-order valence-corrected chi connectivity index (χ1v) is 7.17. The average molecular weight is 317 g/mol. The molecule has 2 rings (SSSR count). The summed E-state index contributed by atoms with van der Waals surface area (Å²) in [6.07, 6.45) is -0.655. The van der Waals surface area contributed by atoms with Crippen LogP contribution >= 0.6 is 0 Å². The van der Waals surface area contributed by atoms with E-state index >= 15 is 0 Å². The van der Waals surface area contributed by atoms with Crippen LogP contribution in [0, 0.1) is 6.92 Å². The fraction of sp³-hybridized carbons (Fsp3) is 0.294. The van der Waals surface area contributed by atoms with Gasteiger partial charge in [0.1, 0.15) is 22.8 Å². The Labute approximate surface area is 134 Å². The van der Waals surface area contributed by atoms with Gasteiger partial charge in [0.05, 0.1) is 6.54 Å². The van der Waals surface area contributed by atoms with Gasteiger partial charge in [0, 0.05) is 7.05 Å². The Balaban J connectivity index is 1.99. The zero-order valence-electron chi connectivity index (χ0n) is 13.3. The molecule has 0 radical (unpaired) electrons. The molecule has 6 heteroatoms. The zero-order chi connectivity index (χ0) is 17.0. The molecule has 1 aromatic carbocycles. The standard InChI is InChI=1S/C17H19NO5/c1-11-15(17(20)21)9-14(22-11)10-18(3)16(19)12(2)23-13-7-5-4-6-8-13/h4-9,12H,10H2,1-3H3,(H,20,21). The molecule has 0 saturated heterocycles. The monoisotopic (exact) mass is 317 g/mol. The molecule has 0 bridgehead atoms. The number of aromatic carboxylic acids is 1. The van der Waals surface area contributed by atoms with E-state index in [1.807, 2.05) is 18.2 Å². The highest BCUT2D eigenvalue weighted by molar-refractivity contribution is 5.88. The molecule has 0 fully saturated rings. The Morgan fingerprint density at radius 3 is 2.52 bits per heavy atom. The summed E-state index contributed by atoms with van der Waals surface area (Å²) in [7, 11) is 1.62. The van der Waals surface area contributed by atoms with Crippen molar-refractivity contribution in [3.8, 4) is 5.75 Å². The van der Waals surface area contributed by atoms with Crippen LogP contribution in [0.25, 0.3) is 0 Å². The second kappa shape index (κ2) is 7.00. The first-order chi connectivity index (χ1) is 10.9. The number of amides is 1. The summed E-state index contributed by atoms with van der Waals surface area (Å²) in [4.78, 5) is 24.8. The van der Waals surface area contributed by atoms with Crippen molar-refractivity contribution in [1.82, 2.24) is 4.90 Å². The maximum absolute atomic E-state index is 12.3. The van der Waals surface area contributed by atoms with Crippen LogP contribution in [0.3, 0.4) is 0 Å². The Bertz CT molecular complexity index is 692. The molecule has 1 heterocycles. The number of carbonyl (C=O) groups excluding carboxylic acids is 1. The second-order valence-corrected chi connectivity index (χ2v) is 5.26. The lowest BCUT2D eigenvalue weighted by molar-refractivity contribution is -0.137. The van der Waals surface area contributed by atoms with E-state index in [0.717, 1.165) is 0 Å². The highest BCUT2D eigenvalue weighted by Crippen LogP contribution is 2.17. The number of hydrogen-bond acceptors (Lipinski definition) is 4. The van der Waals surface area contributed by atoms with Crippen molar-refractivity contribution >= 4 is 11.9 Å². The van der Waals surface area contributed by atoms with Gasteiger partial charge in [-0.1, -0.05) is 18.2 Å². The predicted octanol–water partition coefficient (Wildman–Crippen LogP) is 2.71. The van der Waals surface area contributed by atoms with Crippen LogP contribution in [-0.2, 0) is 11.3 Å². The smallest absolute Gasteiger partial charge is 0.339 e. The highest BCUT2D eigenvalue weighted by Gasteiger charge is 2.21. The molecular weight excluding hydrogens is 298 g/mol. The van der Waals surface area contributed by atoms with Crippen molar-refractivity contribution in [1.29, 1.82) is 0 Å². The minimum absolute atomic E-state index is 0.106. The molecular formula is C17H19NO5. The first kappa shape index (κ1) is 16.6. The Kier molecular flexibility index (Phi) is 5.05. The van der Waals surface area contributed by atoms with Crippen LogP contribution in [0.1, 0.15) is 28.8 Å². The van der Waals surface area contributed by atoms with Crippen LogP contribution in [-0.4, -0.2) is 35.0 Å². The third kappa shape index (κ3) is 4.12. The SMILES string of the molecule is Cc1oc(CN(C)C(=O)C(C)Oc2ccccc2)cc1C(=O)O. The Morgan fingerprint density at radius 2 is 1.96 bits per heavy atom. The topological polar surface area (TPSA) is 80.0 Å². The summed E-state index contributed by atoms with van der Waals surface area (Å²) < 4.78 is 11.0. The van der Waals surface area contributed by atoms with E-state index in [1.165, 1.54) is 11.0 Å². The van der Waals surface area contributed by atoms with Crippen molar-refractivity contribution in [2.24, 2.45) is 0 Å². The number of hydrogen-bond donors (Lipinski definition) is 1. The van der Waals surface area contributed by atoms with E-state index in [9.17, 15) is 9.59 Å². The molecule has 1 aromatic heterocycles. The fourth-order valence-electron chi connectivity index (χ4n) is 2.21. The number of ether oxygens (including phenoxy) is 1. The summed E-state index contributed by atoms with van der Waals surface area (Å²) in [6, 6.07) is 10.5. The minimum atomic E-state index is -1.05. The molecule has 0 aliphatic carbocycles. The molecule has 2 aromatic rings. The molecule has 0 spiro atoms. The third-order valence-corrected chi connectivity index (χ3v) is 3.37. The van der Waals surface area contributed by atoms with E-state index in [0.29, 0.717) is 17.3 Å². The van der Waals surface area contributed by atoms with E-state index in [2.05, 4.69) is 0 Å². The number of carboxylic acid groups (broad SMARTS) is 1. The molecule has 6 nitrogen and oxygen atoms in total. The number of carbonyl (C=O) groups is 2. The van der Waals surface area contributed by atoms with Crippen molar-refractivity contribution in [3.63, 3.8) is 0 Å². The molecule has 122 valence electrons. The fourth-order valence-corrected chi connectivity index (χ4v) is 2.21. The van der Waals surface area contributed by atoms with E-state index in [1.54, 1.807) is 33.0 Å². The average Bonchev–Trinajstić information content (AvgIpc) is 2.88. The van der Waals surface area contributed by atoms with Crippen molar-refractivity contribution < 1.29 is 23.8 Å². The molecule has 1 unspecified atom stereocenters. The number of likely N-dealkylation sites (N-methyl/N-ethyl adjacent to an activating group) is 1. The van der Waals surface area contributed by atoms with Gasteiger partial charge < -0.3 is 19.2 Å². The summed E-state index contributed by atoms with van der Waals surface area (Å²) in [5, 5.41) is 9.01. The van der Waals surface area contributed by atoms with Crippen LogP contribution in [0.2, 0.25) is 0 Å². The van der Waals surface area contributed by atoms with Gasteiger partial charge in [-0.25, -0.2) is 4.79 Å². The lowest BCUT2D eigenvalue weighted by Crippen LogP contribution is -2.37. The molecule has 0 aliphatic rings. The number of rotatable bonds is 6. The number of benzene rings is 1. The lowest BCUT2D eigenvalue weighted by atomic mass is 10.2. The zero-order valence-corrected chi connectivity index (χ0v) is 13.3. The van der Waals surface area contributed by atoms with Gasteiger partial charge in [-0.2, -0.15) is 0 Å². The third-order valence-electron chi connectivity index (χ3n) is 3.37. The second-order valence-electron chi connectivity index (χ2n) is 5.26. The van der Waals surface area contributed by atoms with Gasteiger partial charge in [0.25, 0.3) is 5.91 Å². The van der Waals surface area contributed by atoms with E-state index < -0.39 is 12.1 Å². The quantitative estimate of drug-likeness (QED) is 0.886. The summed E-state index contributed by atoms with van der Waals surface area (Å²) in [6.45, 7) is 3.42. The molecule has 1 atom stereocenters. The summed E-state index contributed by atoms with van der Waals surface area (Å²) >= 11 is 0. The Hall–Kier alpha value is -2.76. The minimum Gasteiger partial charge on any atom is -0.481 e. The highest BCUT2D eigenvalue weighted by atomic mass is 16.5. The van der Waals surface area contributed by atoms with Crippen molar-refractivity contribution in [2.75, 3.05) is 7.05 Å². The van der Waals surface area contributed by atoms with E-state index in [-0.39, 0.29) is 18.0 Å². The van der Waals surface area contributed by atoms with Gasteiger partial charge in [0.15, 0.2) is 6.10 Å². The van der Waals surface area contributed by atoms with Crippen LogP contribution in [0.15, 0.2) is 40.8 Å². The van der Waals surface area contributed by atoms with Crippen molar-refractivity contribution in [3.05, 3.63) is 53.5 Å². The number of para-hydroxylation sites is 1. The van der Waals surface area contributed by atoms with Crippen molar-refractivity contribution in [2.45, 2.75) is 26.5 Å². The normalized spacial score (nSPS) is 11.8. The van der Waals surface area contributed by atoms with E-state index in [4.69, 9.17) is 14.3 Å². The van der Waals surface area contributed by atoms with Gasteiger partial charge in [-0.05, 0) is 32.0 Å². The number of nitrogens with zero attached hydrogens (tertiary/aromatic N) is 1. The molecule has 0 saturated carbocycles. The number of furan rings is 1. The van der Waals surface area contributed by atoms with Gasteiger partial charge in [0.2, 0.25) is 0 Å². The number of carboxylic acids is 1. The lowest BCUT2D eigenvalue weighted by Gasteiger charge is -2.21. The first-order valence-electron chi connectivity index (χ1n) is 7.17. The summed E-state index contributed by atoms with van der Waals surface area (Å²) in [5.74, 6) is 0.0837. The van der Waals surface area contributed by atoms with Gasteiger partial charge >= 0.3 is 5.97 Å². The van der Waals surface area contributed by atoms with Gasteiger partial charge in [-0.3, -0.25) is 4.79 Å². The molecule has 0 aliphatic heterocycles. The maximum Gasteiger partial charge on any atom is 0.339 e. The molecule has 1 N–H and O–H groups in total. The van der Waals surface area contributed by atoms with Crippen LogP contribution in [0.5, 0.6) is 5.75 Å². The molecule has 23 heavy (non-hydrogen) atoms. The Morgan fingerprint density at radius 1 is 1.30 bits per heavy atom.